The smallest absolute Gasteiger partial charge is 0.343 e. The number of nitrogens with zero attached hydrogens (tertiary/aromatic N) is 2. The highest BCUT2D eigenvalue weighted by Crippen LogP contribution is 2.38. The maximum absolute atomic E-state index is 12.3. The molecule has 0 atom stereocenters. The second-order valence-electron chi connectivity index (χ2n) is 7.77. The van der Waals surface area contributed by atoms with E-state index in [0.29, 0.717) is 21.5 Å². The summed E-state index contributed by atoms with van der Waals surface area (Å²) in [6, 6.07) is 34.0. The zero-order valence-electron chi connectivity index (χ0n) is 19.0. The van der Waals surface area contributed by atoms with E-state index in [4.69, 9.17) is 21.3 Å². The van der Waals surface area contributed by atoms with Gasteiger partial charge in [-0.1, -0.05) is 89.7 Å². The van der Waals surface area contributed by atoms with Crippen LogP contribution >= 0.6 is 22.9 Å². The number of carbonyl (C=O) groups is 1. The van der Waals surface area contributed by atoms with E-state index in [1.54, 1.807) is 53.9 Å². The molecule has 0 aliphatic rings. The number of ether oxygens (including phenoxy) is 1. The van der Waals surface area contributed by atoms with Crippen molar-refractivity contribution < 1.29 is 9.53 Å². The fourth-order valence-corrected chi connectivity index (χ4v) is 4.64. The van der Waals surface area contributed by atoms with Crippen LogP contribution in [0.5, 0.6) is 5.75 Å². The standard InChI is InChI=1S/C29H20ClN3O2S/c30-24-13-7-12-23(18-24)28(34)35-25-16-14-20(15-17-25)19-31-33-29-32-26(21-8-3-1-4-9-21)27(36-29)22-10-5-2-6-11-22/h1-19H,(H,32,33)/b31-19-. The van der Waals surface area contributed by atoms with Crippen LogP contribution in [-0.4, -0.2) is 17.2 Å². The van der Waals surface area contributed by atoms with Gasteiger partial charge in [0.1, 0.15) is 5.75 Å². The molecule has 1 heterocycles. The minimum absolute atomic E-state index is 0.394. The molecule has 1 aromatic heterocycles. The zero-order valence-corrected chi connectivity index (χ0v) is 20.5. The number of esters is 1. The van der Waals surface area contributed by atoms with E-state index in [2.05, 4.69) is 34.8 Å². The SMILES string of the molecule is O=C(Oc1ccc(/C=N\Nc2nc(-c3ccccc3)c(-c3ccccc3)s2)cc1)c1cccc(Cl)c1. The summed E-state index contributed by atoms with van der Waals surface area (Å²) in [5, 5.41) is 5.52. The zero-order chi connectivity index (χ0) is 24.7. The number of aromatic nitrogens is 1. The van der Waals surface area contributed by atoms with Crippen LogP contribution in [0.25, 0.3) is 21.7 Å². The van der Waals surface area contributed by atoms with Crippen molar-refractivity contribution in [2.45, 2.75) is 0 Å². The van der Waals surface area contributed by atoms with E-state index in [1.165, 1.54) is 0 Å². The normalized spacial score (nSPS) is 10.9. The topological polar surface area (TPSA) is 63.6 Å². The van der Waals surface area contributed by atoms with Crippen LogP contribution in [-0.2, 0) is 0 Å². The van der Waals surface area contributed by atoms with E-state index in [9.17, 15) is 4.79 Å². The molecule has 0 saturated carbocycles. The highest BCUT2D eigenvalue weighted by molar-refractivity contribution is 7.19. The molecule has 1 N–H and O–H groups in total. The third-order valence-electron chi connectivity index (χ3n) is 5.24. The third-order valence-corrected chi connectivity index (χ3v) is 6.48. The molecular weight excluding hydrogens is 490 g/mol. The summed E-state index contributed by atoms with van der Waals surface area (Å²) in [6.07, 6.45) is 1.69. The molecule has 0 unspecified atom stereocenters. The monoisotopic (exact) mass is 509 g/mol. The van der Waals surface area contributed by atoms with Crippen LogP contribution < -0.4 is 10.2 Å². The number of benzene rings is 4. The first-order valence-electron chi connectivity index (χ1n) is 11.1. The van der Waals surface area contributed by atoms with Gasteiger partial charge in [0.25, 0.3) is 0 Å². The molecule has 0 bridgehead atoms. The Labute approximate surface area is 217 Å². The van der Waals surface area contributed by atoms with Gasteiger partial charge in [-0.3, -0.25) is 5.43 Å². The molecule has 0 aliphatic carbocycles. The van der Waals surface area contributed by atoms with Crippen LogP contribution in [0.4, 0.5) is 5.13 Å². The minimum atomic E-state index is -0.465. The fourth-order valence-electron chi connectivity index (χ4n) is 3.51. The first-order valence-corrected chi connectivity index (χ1v) is 12.3. The van der Waals surface area contributed by atoms with Crippen molar-refractivity contribution in [2.75, 3.05) is 5.43 Å². The van der Waals surface area contributed by atoms with E-state index < -0.39 is 5.97 Å². The summed E-state index contributed by atoms with van der Waals surface area (Å²) in [7, 11) is 0. The summed E-state index contributed by atoms with van der Waals surface area (Å²) in [5.74, 6) is -0.0298. The lowest BCUT2D eigenvalue weighted by Gasteiger charge is -2.05. The summed E-state index contributed by atoms with van der Waals surface area (Å²) in [6.45, 7) is 0. The Hall–Kier alpha value is -4.26. The highest BCUT2D eigenvalue weighted by atomic mass is 35.5. The Morgan fingerprint density at radius 2 is 1.56 bits per heavy atom. The first-order chi connectivity index (χ1) is 17.7. The van der Waals surface area contributed by atoms with E-state index in [0.717, 1.165) is 27.3 Å². The van der Waals surface area contributed by atoms with Crippen LogP contribution in [0.2, 0.25) is 5.02 Å². The van der Waals surface area contributed by atoms with Gasteiger partial charge in [0, 0.05) is 10.6 Å². The lowest BCUT2D eigenvalue weighted by molar-refractivity contribution is 0.0734. The molecule has 5 nitrogen and oxygen atoms in total. The summed E-state index contributed by atoms with van der Waals surface area (Å²) in [4.78, 5) is 18.2. The van der Waals surface area contributed by atoms with Gasteiger partial charge in [-0.15, -0.1) is 0 Å². The maximum Gasteiger partial charge on any atom is 0.343 e. The van der Waals surface area contributed by atoms with Crippen LogP contribution in [0.1, 0.15) is 15.9 Å². The molecular formula is C29H20ClN3O2S. The second-order valence-corrected chi connectivity index (χ2v) is 9.20. The van der Waals surface area contributed by atoms with Crippen molar-refractivity contribution in [3.8, 4) is 27.4 Å². The van der Waals surface area contributed by atoms with Gasteiger partial charge in [0.15, 0.2) is 0 Å². The van der Waals surface area contributed by atoms with E-state index in [1.807, 2.05) is 48.5 Å². The third kappa shape index (κ3) is 5.68. The van der Waals surface area contributed by atoms with Gasteiger partial charge >= 0.3 is 5.97 Å². The van der Waals surface area contributed by atoms with Gasteiger partial charge in [0.05, 0.1) is 22.3 Å². The Balaban J connectivity index is 1.28. The predicted molar refractivity (Wildman–Crippen MR) is 147 cm³/mol. The van der Waals surface area contributed by atoms with Crippen molar-refractivity contribution in [2.24, 2.45) is 5.10 Å². The number of hydrogen-bond donors (Lipinski definition) is 1. The van der Waals surface area contributed by atoms with Crippen molar-refractivity contribution >= 4 is 40.3 Å². The molecule has 176 valence electrons. The van der Waals surface area contributed by atoms with Crippen molar-refractivity contribution in [3.63, 3.8) is 0 Å². The Morgan fingerprint density at radius 3 is 2.25 bits per heavy atom. The molecule has 36 heavy (non-hydrogen) atoms. The van der Waals surface area contributed by atoms with Gasteiger partial charge in [-0.25, -0.2) is 9.78 Å². The Bertz CT molecular complexity index is 1440. The van der Waals surface area contributed by atoms with Gasteiger partial charge < -0.3 is 4.74 Å². The van der Waals surface area contributed by atoms with E-state index in [-0.39, 0.29) is 0 Å². The molecule has 0 saturated heterocycles. The van der Waals surface area contributed by atoms with Crippen LogP contribution in [0.3, 0.4) is 0 Å². The average molecular weight is 510 g/mol. The summed E-state index contributed by atoms with van der Waals surface area (Å²) in [5.41, 5.74) is 7.35. The van der Waals surface area contributed by atoms with Gasteiger partial charge in [-0.05, 0) is 53.6 Å². The number of rotatable bonds is 7. The number of nitrogens with one attached hydrogen (secondary N) is 1. The second kappa shape index (κ2) is 11.0. The molecule has 7 heteroatoms. The lowest BCUT2D eigenvalue weighted by Crippen LogP contribution is -2.08. The molecule has 5 rings (SSSR count). The van der Waals surface area contributed by atoms with Crippen molar-refractivity contribution in [1.29, 1.82) is 0 Å². The lowest BCUT2D eigenvalue weighted by atomic mass is 10.1. The molecule has 5 aromatic rings. The number of hydrazone groups is 1. The molecule has 0 spiro atoms. The molecule has 0 amide bonds. The van der Waals surface area contributed by atoms with Crippen LogP contribution in [0.15, 0.2) is 114 Å². The summed E-state index contributed by atoms with van der Waals surface area (Å²) >= 11 is 7.49. The number of halogens is 1. The number of thiazole rings is 1. The number of carbonyl (C=O) groups excluding carboxylic acids is 1. The van der Waals surface area contributed by atoms with Crippen molar-refractivity contribution in [1.82, 2.24) is 4.98 Å². The summed E-state index contributed by atoms with van der Waals surface area (Å²) < 4.78 is 5.42. The van der Waals surface area contributed by atoms with Gasteiger partial charge in [-0.2, -0.15) is 5.10 Å². The molecule has 0 fully saturated rings. The minimum Gasteiger partial charge on any atom is -0.423 e. The molecule has 0 radical (unpaired) electrons. The Kier molecular flexibility index (Phi) is 7.17. The average Bonchev–Trinajstić information content (AvgIpc) is 3.35. The van der Waals surface area contributed by atoms with Gasteiger partial charge in [0.2, 0.25) is 5.13 Å². The fraction of sp³-hybridized carbons (Fsp3) is 0. The largest absolute Gasteiger partial charge is 0.423 e. The quantitative estimate of drug-likeness (QED) is 0.105. The maximum atomic E-state index is 12.3. The number of hydrogen-bond acceptors (Lipinski definition) is 6. The molecule has 0 aliphatic heterocycles. The van der Waals surface area contributed by atoms with Crippen molar-refractivity contribution in [3.05, 3.63) is 125 Å². The first kappa shape index (κ1) is 23.5. The Morgan fingerprint density at radius 1 is 0.861 bits per heavy atom. The molecule has 4 aromatic carbocycles. The number of anilines is 1. The highest BCUT2D eigenvalue weighted by Gasteiger charge is 2.14. The van der Waals surface area contributed by atoms with E-state index >= 15 is 0 Å². The predicted octanol–water partition coefficient (Wildman–Crippen LogP) is 7.80. The van der Waals surface area contributed by atoms with Crippen LogP contribution in [0, 0.1) is 0 Å².